The number of methoxy groups -OCH3 is 1. The highest BCUT2D eigenvalue weighted by Gasteiger charge is 2.33. The molecular formula is C23H19ClF3N3O3. The maximum absolute atomic E-state index is 12.9. The predicted molar refractivity (Wildman–Crippen MR) is 121 cm³/mol. The van der Waals surface area contributed by atoms with Gasteiger partial charge in [-0.15, -0.1) is 0 Å². The van der Waals surface area contributed by atoms with E-state index in [1.165, 1.54) is 25.3 Å². The average molecular weight is 478 g/mol. The summed E-state index contributed by atoms with van der Waals surface area (Å²) in [7, 11) is 1.50. The van der Waals surface area contributed by atoms with E-state index < -0.39 is 22.7 Å². The number of amides is 2. The first kappa shape index (κ1) is 23.9. The van der Waals surface area contributed by atoms with Gasteiger partial charge in [0.1, 0.15) is 5.75 Å². The van der Waals surface area contributed by atoms with E-state index in [2.05, 4.69) is 16.0 Å². The fraction of sp³-hybridized carbons (Fsp3) is 0.130. The summed E-state index contributed by atoms with van der Waals surface area (Å²) < 4.78 is 44.0. The molecule has 3 N–H and O–H groups in total. The molecule has 0 radical (unpaired) electrons. The van der Waals surface area contributed by atoms with Crippen molar-refractivity contribution in [2.24, 2.45) is 0 Å². The number of ether oxygens (including phenoxy) is 1. The number of hydrogen-bond acceptors (Lipinski definition) is 4. The standard InChI is InChI=1S/C23H19ClF3N3O3/c1-33-20-5-3-2-4-19(20)30-22(32)14-6-8-15(9-7-14)29-21(31)13-28-16-10-11-18(24)17(12-16)23(25,26)27/h2-12,28H,13H2,1H3,(H,29,31)(H,30,32). The van der Waals surface area contributed by atoms with Crippen molar-refractivity contribution >= 4 is 40.5 Å². The molecule has 0 aromatic heterocycles. The van der Waals surface area contributed by atoms with Gasteiger partial charge in [0.05, 0.1) is 29.9 Å². The molecule has 0 atom stereocenters. The Hall–Kier alpha value is -3.72. The quantitative estimate of drug-likeness (QED) is 0.409. The number of rotatable bonds is 7. The average Bonchev–Trinajstić information content (AvgIpc) is 2.78. The van der Waals surface area contributed by atoms with Gasteiger partial charge in [0.2, 0.25) is 5.91 Å². The highest BCUT2D eigenvalue weighted by molar-refractivity contribution is 6.31. The van der Waals surface area contributed by atoms with Crippen molar-refractivity contribution in [1.29, 1.82) is 0 Å². The van der Waals surface area contributed by atoms with Crippen LogP contribution in [-0.4, -0.2) is 25.5 Å². The molecule has 33 heavy (non-hydrogen) atoms. The van der Waals surface area contributed by atoms with Crippen molar-refractivity contribution in [2.75, 3.05) is 29.6 Å². The molecule has 0 heterocycles. The third-order valence-corrected chi connectivity index (χ3v) is 4.84. The smallest absolute Gasteiger partial charge is 0.417 e. The van der Waals surface area contributed by atoms with Gasteiger partial charge in [0, 0.05) is 16.9 Å². The summed E-state index contributed by atoms with van der Waals surface area (Å²) in [6.07, 6.45) is -4.60. The monoisotopic (exact) mass is 477 g/mol. The van der Waals surface area contributed by atoms with Crippen LogP contribution in [0.1, 0.15) is 15.9 Å². The molecule has 0 bridgehead atoms. The Morgan fingerprint density at radius 3 is 2.27 bits per heavy atom. The summed E-state index contributed by atoms with van der Waals surface area (Å²) in [5.74, 6) is -0.322. The topological polar surface area (TPSA) is 79.5 Å². The molecule has 0 aliphatic heterocycles. The third-order valence-electron chi connectivity index (χ3n) is 4.51. The number of nitrogens with one attached hydrogen (secondary N) is 3. The molecule has 0 saturated heterocycles. The number of carbonyl (C=O) groups is 2. The molecule has 0 aliphatic carbocycles. The van der Waals surface area contributed by atoms with Gasteiger partial charge in [-0.1, -0.05) is 23.7 Å². The Morgan fingerprint density at radius 2 is 1.61 bits per heavy atom. The molecule has 10 heteroatoms. The lowest BCUT2D eigenvalue weighted by Gasteiger charge is -2.13. The number of para-hydroxylation sites is 2. The minimum Gasteiger partial charge on any atom is -0.495 e. The molecule has 3 rings (SSSR count). The zero-order valence-corrected chi connectivity index (χ0v) is 18.1. The summed E-state index contributed by atoms with van der Waals surface area (Å²) in [5, 5.41) is 7.55. The molecule has 2 amide bonds. The van der Waals surface area contributed by atoms with E-state index in [-0.39, 0.29) is 18.1 Å². The lowest BCUT2D eigenvalue weighted by Crippen LogP contribution is -2.22. The predicted octanol–water partition coefficient (Wildman–Crippen LogP) is 5.67. The van der Waals surface area contributed by atoms with Crippen LogP contribution in [0.4, 0.5) is 30.2 Å². The SMILES string of the molecule is COc1ccccc1NC(=O)c1ccc(NC(=O)CNc2ccc(Cl)c(C(F)(F)F)c2)cc1. The maximum atomic E-state index is 12.9. The van der Waals surface area contributed by atoms with Gasteiger partial charge < -0.3 is 20.7 Å². The van der Waals surface area contributed by atoms with E-state index in [0.717, 1.165) is 12.1 Å². The van der Waals surface area contributed by atoms with Crippen molar-refractivity contribution in [3.8, 4) is 5.75 Å². The largest absolute Gasteiger partial charge is 0.495 e. The lowest BCUT2D eigenvalue weighted by atomic mass is 10.2. The van der Waals surface area contributed by atoms with E-state index in [9.17, 15) is 22.8 Å². The fourth-order valence-electron chi connectivity index (χ4n) is 2.89. The zero-order valence-electron chi connectivity index (χ0n) is 17.3. The van der Waals surface area contributed by atoms with Gasteiger partial charge in [0.15, 0.2) is 0 Å². The van der Waals surface area contributed by atoms with E-state index in [4.69, 9.17) is 16.3 Å². The van der Waals surface area contributed by atoms with Crippen LogP contribution in [0, 0.1) is 0 Å². The second-order valence-electron chi connectivity index (χ2n) is 6.83. The van der Waals surface area contributed by atoms with Crippen molar-refractivity contribution in [2.45, 2.75) is 6.18 Å². The van der Waals surface area contributed by atoms with Crippen LogP contribution in [0.5, 0.6) is 5.75 Å². The number of alkyl halides is 3. The molecule has 0 saturated carbocycles. The minimum atomic E-state index is -4.60. The highest BCUT2D eigenvalue weighted by Crippen LogP contribution is 2.36. The first-order valence-corrected chi connectivity index (χ1v) is 10.00. The van der Waals surface area contributed by atoms with Gasteiger partial charge in [-0.05, 0) is 54.6 Å². The summed E-state index contributed by atoms with van der Waals surface area (Å²) in [6.45, 7) is -0.269. The summed E-state index contributed by atoms with van der Waals surface area (Å²) in [5.41, 5.74) is 0.409. The van der Waals surface area contributed by atoms with Crippen LogP contribution in [0.15, 0.2) is 66.7 Å². The molecule has 172 valence electrons. The van der Waals surface area contributed by atoms with Crippen LogP contribution in [0.3, 0.4) is 0 Å². The molecule has 3 aromatic rings. The Bertz CT molecular complexity index is 1150. The zero-order chi connectivity index (χ0) is 24.0. The van der Waals surface area contributed by atoms with Crippen molar-refractivity contribution in [1.82, 2.24) is 0 Å². The fourth-order valence-corrected chi connectivity index (χ4v) is 3.11. The van der Waals surface area contributed by atoms with Gasteiger partial charge in [0.25, 0.3) is 5.91 Å². The van der Waals surface area contributed by atoms with Gasteiger partial charge >= 0.3 is 6.18 Å². The summed E-state index contributed by atoms with van der Waals surface area (Å²) in [6, 6.07) is 16.4. The minimum absolute atomic E-state index is 0.102. The van der Waals surface area contributed by atoms with Crippen LogP contribution >= 0.6 is 11.6 Å². The molecule has 0 spiro atoms. The second-order valence-corrected chi connectivity index (χ2v) is 7.23. The van der Waals surface area contributed by atoms with E-state index >= 15 is 0 Å². The molecule has 0 fully saturated rings. The number of halogens is 4. The number of anilines is 3. The van der Waals surface area contributed by atoms with Crippen LogP contribution in [0.2, 0.25) is 5.02 Å². The Morgan fingerprint density at radius 1 is 0.939 bits per heavy atom. The normalized spacial score (nSPS) is 10.9. The second kappa shape index (κ2) is 10.3. The van der Waals surface area contributed by atoms with Gasteiger partial charge in [-0.3, -0.25) is 9.59 Å². The molecule has 0 aliphatic rings. The highest BCUT2D eigenvalue weighted by atomic mass is 35.5. The first-order chi connectivity index (χ1) is 15.7. The van der Waals surface area contributed by atoms with Crippen molar-refractivity contribution in [3.63, 3.8) is 0 Å². The summed E-state index contributed by atoms with van der Waals surface area (Å²) >= 11 is 5.58. The van der Waals surface area contributed by atoms with E-state index in [1.807, 2.05) is 0 Å². The van der Waals surface area contributed by atoms with E-state index in [0.29, 0.717) is 22.7 Å². The van der Waals surface area contributed by atoms with E-state index in [1.54, 1.807) is 36.4 Å². The third kappa shape index (κ3) is 6.39. The van der Waals surface area contributed by atoms with Crippen molar-refractivity contribution < 1.29 is 27.5 Å². The molecule has 3 aromatic carbocycles. The molecule has 6 nitrogen and oxygen atoms in total. The molecule has 0 unspecified atom stereocenters. The molecular weight excluding hydrogens is 459 g/mol. The number of hydrogen-bond donors (Lipinski definition) is 3. The Kier molecular flexibility index (Phi) is 7.44. The number of benzene rings is 3. The summed E-state index contributed by atoms with van der Waals surface area (Å²) in [4.78, 5) is 24.6. The Labute approximate surface area is 192 Å². The number of carbonyl (C=O) groups excluding carboxylic acids is 2. The lowest BCUT2D eigenvalue weighted by molar-refractivity contribution is -0.137. The Balaban J connectivity index is 1.56. The maximum Gasteiger partial charge on any atom is 0.417 e. The van der Waals surface area contributed by atoms with Gasteiger partial charge in [-0.2, -0.15) is 13.2 Å². The van der Waals surface area contributed by atoms with Gasteiger partial charge in [-0.25, -0.2) is 0 Å². The first-order valence-electron chi connectivity index (χ1n) is 9.62. The van der Waals surface area contributed by atoms with Crippen LogP contribution < -0.4 is 20.7 Å². The van der Waals surface area contributed by atoms with Crippen LogP contribution in [0.25, 0.3) is 0 Å². The van der Waals surface area contributed by atoms with Crippen LogP contribution in [-0.2, 0) is 11.0 Å². The van der Waals surface area contributed by atoms with Crippen molar-refractivity contribution in [3.05, 3.63) is 82.9 Å².